The molecular formula is C14H15BrN2O2S. The van der Waals surface area contributed by atoms with E-state index < -0.39 is 0 Å². The van der Waals surface area contributed by atoms with Gasteiger partial charge in [-0.1, -0.05) is 13.8 Å². The van der Waals surface area contributed by atoms with Crippen LogP contribution in [0.3, 0.4) is 0 Å². The molecule has 0 atom stereocenters. The van der Waals surface area contributed by atoms with Gasteiger partial charge >= 0.3 is 0 Å². The first-order valence-electron chi connectivity index (χ1n) is 6.11. The van der Waals surface area contributed by atoms with E-state index >= 15 is 0 Å². The van der Waals surface area contributed by atoms with E-state index in [4.69, 9.17) is 4.74 Å². The lowest BCUT2D eigenvalue weighted by atomic mass is 10.2. The van der Waals surface area contributed by atoms with Crippen LogP contribution in [0.2, 0.25) is 0 Å². The molecule has 2 aromatic rings. The maximum Gasteiger partial charge on any atom is 0.258 e. The lowest BCUT2D eigenvalue weighted by molar-refractivity contribution is 0.102. The average molecular weight is 355 g/mol. The molecule has 20 heavy (non-hydrogen) atoms. The summed E-state index contributed by atoms with van der Waals surface area (Å²) in [4.78, 5) is 16.6. The molecule has 1 aromatic heterocycles. The van der Waals surface area contributed by atoms with Crippen LogP contribution in [0.25, 0.3) is 0 Å². The number of carbonyl (C=O) groups excluding carboxylic acids is 1. The van der Waals surface area contributed by atoms with Crippen molar-refractivity contribution in [2.45, 2.75) is 19.8 Å². The van der Waals surface area contributed by atoms with Crippen molar-refractivity contribution in [1.82, 2.24) is 4.98 Å². The second-order valence-corrected chi connectivity index (χ2v) is 6.24. The van der Waals surface area contributed by atoms with Crippen LogP contribution in [0, 0.1) is 0 Å². The van der Waals surface area contributed by atoms with Crippen LogP contribution in [-0.2, 0) is 0 Å². The summed E-state index contributed by atoms with van der Waals surface area (Å²) >= 11 is 4.80. The number of amides is 1. The summed E-state index contributed by atoms with van der Waals surface area (Å²) in [6.07, 6.45) is 0. The normalized spacial score (nSPS) is 10.7. The van der Waals surface area contributed by atoms with Crippen LogP contribution < -0.4 is 10.1 Å². The van der Waals surface area contributed by atoms with Crippen LogP contribution in [0.4, 0.5) is 5.13 Å². The molecule has 0 aliphatic carbocycles. The zero-order chi connectivity index (χ0) is 14.7. The molecule has 0 spiro atoms. The predicted molar refractivity (Wildman–Crippen MR) is 84.9 cm³/mol. The fraction of sp³-hybridized carbons (Fsp3) is 0.286. The quantitative estimate of drug-likeness (QED) is 0.890. The Morgan fingerprint density at radius 2 is 2.20 bits per heavy atom. The minimum Gasteiger partial charge on any atom is -0.497 e. The van der Waals surface area contributed by atoms with E-state index in [1.165, 1.54) is 11.3 Å². The van der Waals surface area contributed by atoms with E-state index in [2.05, 4.69) is 40.1 Å². The maximum absolute atomic E-state index is 12.3. The molecule has 1 aromatic carbocycles. The Bertz CT molecular complexity index is 625. The monoisotopic (exact) mass is 354 g/mol. The fourth-order valence-corrected chi connectivity index (χ4v) is 2.87. The first-order valence-corrected chi connectivity index (χ1v) is 7.79. The van der Waals surface area contributed by atoms with Crippen molar-refractivity contribution in [1.29, 1.82) is 0 Å². The van der Waals surface area contributed by atoms with Crippen molar-refractivity contribution in [3.05, 3.63) is 39.3 Å². The molecule has 0 aliphatic heterocycles. The second kappa shape index (κ2) is 6.37. The van der Waals surface area contributed by atoms with Crippen LogP contribution in [-0.4, -0.2) is 18.0 Å². The summed E-state index contributed by atoms with van der Waals surface area (Å²) in [6, 6.07) is 5.27. The fourth-order valence-electron chi connectivity index (χ4n) is 1.58. The molecule has 0 saturated heterocycles. The largest absolute Gasteiger partial charge is 0.497 e. The van der Waals surface area contributed by atoms with Crippen molar-refractivity contribution in [3.8, 4) is 5.75 Å². The molecule has 106 valence electrons. The summed E-state index contributed by atoms with van der Waals surface area (Å²) < 4.78 is 5.85. The molecular weight excluding hydrogens is 340 g/mol. The smallest absolute Gasteiger partial charge is 0.258 e. The number of aromatic nitrogens is 1. The molecule has 0 fully saturated rings. The van der Waals surface area contributed by atoms with E-state index in [1.54, 1.807) is 25.3 Å². The molecule has 4 nitrogen and oxygen atoms in total. The van der Waals surface area contributed by atoms with E-state index in [0.717, 1.165) is 10.2 Å². The highest BCUT2D eigenvalue weighted by Gasteiger charge is 2.14. The lowest BCUT2D eigenvalue weighted by Gasteiger charge is -2.07. The van der Waals surface area contributed by atoms with E-state index in [0.29, 0.717) is 22.4 Å². The van der Waals surface area contributed by atoms with Gasteiger partial charge in [0.25, 0.3) is 5.91 Å². The topological polar surface area (TPSA) is 51.2 Å². The third kappa shape index (κ3) is 3.37. The standard InChI is InChI=1S/C14H15BrN2O2S/c1-8(2)12-7-20-14(16-12)17-13(18)10-6-9(19-3)4-5-11(10)15/h4-8H,1-3H3,(H,16,17,18). The molecule has 0 aliphatic rings. The number of rotatable bonds is 4. The van der Waals surface area contributed by atoms with Crippen molar-refractivity contribution in [3.63, 3.8) is 0 Å². The first-order chi connectivity index (χ1) is 9.51. The zero-order valence-corrected chi connectivity index (χ0v) is 13.8. The molecule has 1 heterocycles. The van der Waals surface area contributed by atoms with Gasteiger partial charge in [0.15, 0.2) is 5.13 Å². The molecule has 1 amide bonds. The van der Waals surface area contributed by atoms with Crippen LogP contribution in [0.1, 0.15) is 35.8 Å². The number of methoxy groups -OCH3 is 1. The Morgan fingerprint density at radius 1 is 1.45 bits per heavy atom. The molecule has 1 N–H and O–H groups in total. The highest BCUT2D eigenvalue weighted by atomic mass is 79.9. The Hall–Kier alpha value is -1.40. The van der Waals surface area contributed by atoms with Crippen molar-refractivity contribution in [2.75, 3.05) is 12.4 Å². The van der Waals surface area contributed by atoms with Gasteiger partial charge < -0.3 is 4.74 Å². The highest BCUT2D eigenvalue weighted by Crippen LogP contribution is 2.25. The first kappa shape index (κ1) is 15.0. The number of nitrogens with one attached hydrogen (secondary N) is 1. The number of benzene rings is 1. The van der Waals surface area contributed by atoms with Gasteiger partial charge in [-0.05, 0) is 40.0 Å². The summed E-state index contributed by atoms with van der Waals surface area (Å²) in [5, 5.41) is 5.37. The number of ether oxygens (including phenoxy) is 1. The maximum atomic E-state index is 12.3. The molecule has 0 bridgehead atoms. The van der Waals surface area contributed by atoms with Crippen LogP contribution in [0.15, 0.2) is 28.1 Å². The molecule has 2 rings (SSSR count). The zero-order valence-electron chi connectivity index (χ0n) is 11.4. The number of nitrogens with zero attached hydrogens (tertiary/aromatic N) is 1. The van der Waals surface area contributed by atoms with E-state index in [9.17, 15) is 4.79 Å². The number of carbonyl (C=O) groups is 1. The van der Waals surface area contributed by atoms with Crippen molar-refractivity contribution >= 4 is 38.3 Å². The number of anilines is 1. The molecule has 0 radical (unpaired) electrons. The van der Waals surface area contributed by atoms with Gasteiger partial charge in [-0.25, -0.2) is 4.98 Å². The Balaban J connectivity index is 2.19. The summed E-state index contributed by atoms with van der Waals surface area (Å²) in [5.74, 6) is 0.779. The summed E-state index contributed by atoms with van der Waals surface area (Å²) in [7, 11) is 1.57. The Morgan fingerprint density at radius 3 is 2.80 bits per heavy atom. The minimum absolute atomic E-state index is 0.208. The highest BCUT2D eigenvalue weighted by molar-refractivity contribution is 9.10. The van der Waals surface area contributed by atoms with Gasteiger partial charge in [0, 0.05) is 9.85 Å². The van der Waals surface area contributed by atoms with Crippen LogP contribution in [0.5, 0.6) is 5.75 Å². The Kier molecular flexibility index (Phi) is 4.77. The van der Waals surface area contributed by atoms with Gasteiger partial charge in [-0.2, -0.15) is 0 Å². The van der Waals surface area contributed by atoms with E-state index in [-0.39, 0.29) is 5.91 Å². The minimum atomic E-state index is -0.208. The van der Waals surface area contributed by atoms with Crippen molar-refractivity contribution in [2.24, 2.45) is 0 Å². The van der Waals surface area contributed by atoms with Gasteiger partial charge in [-0.15, -0.1) is 11.3 Å². The third-order valence-corrected chi connectivity index (χ3v) is 4.22. The average Bonchev–Trinajstić information content (AvgIpc) is 2.88. The number of hydrogen-bond acceptors (Lipinski definition) is 4. The Labute approximate surface area is 130 Å². The predicted octanol–water partition coefficient (Wildman–Crippen LogP) is 4.29. The van der Waals surface area contributed by atoms with Gasteiger partial charge in [0.1, 0.15) is 5.75 Å². The van der Waals surface area contributed by atoms with E-state index in [1.807, 2.05) is 5.38 Å². The van der Waals surface area contributed by atoms with Crippen LogP contribution >= 0.6 is 27.3 Å². The molecule has 0 unspecified atom stereocenters. The second-order valence-electron chi connectivity index (χ2n) is 4.53. The summed E-state index contributed by atoms with van der Waals surface area (Å²) in [6.45, 7) is 4.14. The number of thiazole rings is 1. The van der Waals surface area contributed by atoms with Gasteiger partial charge in [0.2, 0.25) is 0 Å². The van der Waals surface area contributed by atoms with Crippen molar-refractivity contribution < 1.29 is 9.53 Å². The SMILES string of the molecule is COc1ccc(Br)c(C(=O)Nc2nc(C(C)C)cs2)c1. The third-order valence-electron chi connectivity index (χ3n) is 2.75. The lowest BCUT2D eigenvalue weighted by Crippen LogP contribution is -2.12. The molecule has 6 heteroatoms. The number of hydrogen-bond donors (Lipinski definition) is 1. The number of halogens is 1. The summed E-state index contributed by atoms with van der Waals surface area (Å²) in [5.41, 5.74) is 1.50. The molecule has 0 saturated carbocycles. The van der Waals surface area contributed by atoms with Gasteiger partial charge in [0.05, 0.1) is 18.4 Å². The van der Waals surface area contributed by atoms with Gasteiger partial charge in [-0.3, -0.25) is 10.1 Å².